The fraction of sp³-hybridized carbons (Fsp3) is 0.214. The van der Waals surface area contributed by atoms with E-state index in [0.29, 0.717) is 12.1 Å². The minimum Gasteiger partial charge on any atom is -0.370 e. The van der Waals surface area contributed by atoms with Crippen molar-refractivity contribution in [1.82, 2.24) is 4.90 Å². The molecular formula is C14H14IN3. The Bertz CT molecular complexity index is 539. The maximum absolute atomic E-state index is 8.77. The molecule has 3 nitrogen and oxygen atoms in total. The molecule has 1 aliphatic carbocycles. The molecule has 0 aromatic heterocycles. The number of allylic oxidation sites excluding steroid dienone is 3. The van der Waals surface area contributed by atoms with E-state index in [2.05, 4.69) is 63.6 Å². The van der Waals surface area contributed by atoms with E-state index in [1.54, 1.807) is 0 Å². The number of hydrogen-bond acceptors (Lipinski definition) is 1. The smallest absolute Gasteiger partial charge is 0.296 e. The molecule has 0 spiro atoms. The average molecular weight is 351 g/mol. The van der Waals surface area contributed by atoms with Crippen molar-refractivity contribution in [3.63, 3.8) is 0 Å². The van der Waals surface area contributed by atoms with E-state index in [4.69, 9.17) is 5.53 Å². The van der Waals surface area contributed by atoms with Crippen LogP contribution in [0.2, 0.25) is 0 Å². The molecule has 0 fully saturated rings. The molecular weight excluding hydrogens is 337 g/mol. The normalized spacial score (nSPS) is 14.7. The van der Waals surface area contributed by atoms with Gasteiger partial charge in [0.2, 0.25) is 0 Å². The van der Waals surface area contributed by atoms with Gasteiger partial charge in [0, 0.05) is 28.9 Å². The fourth-order valence-electron chi connectivity index (χ4n) is 1.92. The first-order chi connectivity index (χ1) is 8.70. The fourth-order valence-corrected chi connectivity index (χ4v) is 2.90. The predicted molar refractivity (Wildman–Crippen MR) is 81.3 cm³/mol. The standard InChI is InChI=1S/C14H14IN3/c1-18(10-11-5-3-2-4-6-11)14-8-7-12(17-16)9-13(14)15/h2-8H,9-10H2,1H3. The Morgan fingerprint density at radius 1 is 1.28 bits per heavy atom. The van der Waals surface area contributed by atoms with Crippen molar-refractivity contribution in [3.8, 4) is 0 Å². The Hall–Kier alpha value is -1.39. The molecule has 1 aromatic carbocycles. The van der Waals surface area contributed by atoms with E-state index in [0.717, 1.165) is 6.54 Å². The number of nitrogens with zero attached hydrogens (tertiary/aromatic N) is 3. The van der Waals surface area contributed by atoms with Crippen LogP contribution in [0.3, 0.4) is 0 Å². The maximum atomic E-state index is 8.77. The molecule has 0 saturated carbocycles. The van der Waals surface area contributed by atoms with E-state index < -0.39 is 0 Å². The van der Waals surface area contributed by atoms with Crippen LogP contribution < -0.4 is 0 Å². The lowest BCUT2D eigenvalue weighted by Crippen LogP contribution is -2.19. The molecule has 2 rings (SSSR count). The van der Waals surface area contributed by atoms with Gasteiger partial charge < -0.3 is 10.4 Å². The van der Waals surface area contributed by atoms with Gasteiger partial charge in [0.05, 0.1) is 6.42 Å². The third-order valence-electron chi connectivity index (χ3n) is 2.85. The molecule has 1 aliphatic rings. The van der Waals surface area contributed by atoms with Crippen molar-refractivity contribution >= 4 is 28.3 Å². The van der Waals surface area contributed by atoms with Crippen molar-refractivity contribution in [2.24, 2.45) is 0 Å². The van der Waals surface area contributed by atoms with Gasteiger partial charge in [-0.25, -0.2) is 0 Å². The van der Waals surface area contributed by atoms with Gasteiger partial charge in [0.1, 0.15) is 0 Å². The molecule has 0 heterocycles. The lowest BCUT2D eigenvalue weighted by Gasteiger charge is -2.23. The number of halogens is 1. The third-order valence-corrected chi connectivity index (χ3v) is 3.78. The topological polar surface area (TPSA) is 39.6 Å². The summed E-state index contributed by atoms with van der Waals surface area (Å²) >= 11 is 2.31. The van der Waals surface area contributed by atoms with Crippen LogP contribution in [0.15, 0.2) is 51.8 Å². The molecule has 0 unspecified atom stereocenters. The first-order valence-corrected chi connectivity index (χ1v) is 6.81. The molecule has 0 amide bonds. The van der Waals surface area contributed by atoms with Gasteiger partial charge in [-0.15, -0.1) is 0 Å². The first-order valence-electron chi connectivity index (χ1n) is 5.73. The zero-order valence-corrected chi connectivity index (χ0v) is 12.3. The third kappa shape index (κ3) is 3.09. The SMILES string of the molecule is CN(Cc1ccccc1)C1=C(I)CC(=[N+]=[N-])C=C1. The van der Waals surface area contributed by atoms with E-state index in [-0.39, 0.29) is 0 Å². The first kappa shape index (κ1) is 13.1. The summed E-state index contributed by atoms with van der Waals surface area (Å²) < 4.78 is 1.20. The van der Waals surface area contributed by atoms with Gasteiger partial charge in [-0.05, 0) is 34.2 Å². The highest BCUT2D eigenvalue weighted by Crippen LogP contribution is 2.25. The van der Waals surface area contributed by atoms with Crippen LogP contribution >= 0.6 is 22.6 Å². The van der Waals surface area contributed by atoms with Crippen LogP contribution in [0.1, 0.15) is 12.0 Å². The second-order valence-corrected chi connectivity index (χ2v) is 5.54. The monoisotopic (exact) mass is 351 g/mol. The van der Waals surface area contributed by atoms with Crippen LogP contribution in [0.25, 0.3) is 5.53 Å². The summed E-state index contributed by atoms with van der Waals surface area (Å²) in [6, 6.07) is 10.4. The highest BCUT2D eigenvalue weighted by atomic mass is 127. The average Bonchev–Trinajstić information content (AvgIpc) is 2.39. The van der Waals surface area contributed by atoms with E-state index in [1.165, 1.54) is 14.8 Å². The van der Waals surface area contributed by atoms with Crippen molar-refractivity contribution in [3.05, 3.63) is 62.9 Å². The quantitative estimate of drug-likeness (QED) is 0.467. The van der Waals surface area contributed by atoms with Gasteiger partial charge in [-0.2, -0.15) is 4.79 Å². The van der Waals surface area contributed by atoms with Crippen LogP contribution in [0.5, 0.6) is 0 Å². The molecule has 1 aromatic rings. The number of hydrogen-bond donors (Lipinski definition) is 0. The number of benzene rings is 1. The molecule has 0 saturated heterocycles. The summed E-state index contributed by atoms with van der Waals surface area (Å²) in [5.41, 5.74) is 11.9. The highest BCUT2D eigenvalue weighted by molar-refractivity contribution is 14.1. The van der Waals surface area contributed by atoms with Gasteiger partial charge in [0.25, 0.3) is 5.71 Å². The Kier molecular flexibility index (Phi) is 4.33. The zero-order valence-electron chi connectivity index (χ0n) is 10.2. The van der Waals surface area contributed by atoms with Crippen molar-refractivity contribution in [1.29, 1.82) is 0 Å². The van der Waals surface area contributed by atoms with Crippen molar-refractivity contribution < 1.29 is 4.79 Å². The lowest BCUT2D eigenvalue weighted by atomic mass is 10.1. The second-order valence-electron chi connectivity index (χ2n) is 4.23. The summed E-state index contributed by atoms with van der Waals surface area (Å²) in [5.74, 6) is 0. The number of rotatable bonds is 3. The summed E-state index contributed by atoms with van der Waals surface area (Å²) in [5, 5.41) is 0. The summed E-state index contributed by atoms with van der Waals surface area (Å²) in [7, 11) is 2.08. The molecule has 0 radical (unpaired) electrons. The molecule has 18 heavy (non-hydrogen) atoms. The van der Waals surface area contributed by atoms with E-state index >= 15 is 0 Å². The van der Waals surface area contributed by atoms with Crippen LogP contribution in [0, 0.1) is 0 Å². The zero-order chi connectivity index (χ0) is 13.0. The molecule has 0 N–H and O–H groups in total. The molecule has 0 atom stereocenters. The van der Waals surface area contributed by atoms with E-state index in [1.807, 2.05) is 18.2 Å². The maximum Gasteiger partial charge on any atom is 0.296 e. The van der Waals surface area contributed by atoms with Crippen molar-refractivity contribution in [2.75, 3.05) is 7.05 Å². The lowest BCUT2D eigenvalue weighted by molar-refractivity contribution is -0.00550. The van der Waals surface area contributed by atoms with Crippen LogP contribution in [-0.4, -0.2) is 22.4 Å². The summed E-state index contributed by atoms with van der Waals surface area (Å²) in [4.78, 5) is 5.46. The van der Waals surface area contributed by atoms with E-state index in [9.17, 15) is 0 Å². The molecule has 92 valence electrons. The molecule has 4 heteroatoms. The summed E-state index contributed by atoms with van der Waals surface area (Å²) in [6.45, 7) is 0.874. The minimum absolute atomic E-state index is 0.696. The van der Waals surface area contributed by atoms with Gasteiger partial charge in [-0.3, -0.25) is 0 Å². The van der Waals surface area contributed by atoms with Crippen molar-refractivity contribution in [2.45, 2.75) is 13.0 Å². The van der Waals surface area contributed by atoms with Gasteiger partial charge in [-0.1, -0.05) is 30.3 Å². The Labute approximate surface area is 121 Å². The molecule has 0 aliphatic heterocycles. The largest absolute Gasteiger partial charge is 0.370 e. The summed E-state index contributed by atoms with van der Waals surface area (Å²) in [6.07, 6.45) is 4.56. The Morgan fingerprint density at radius 3 is 2.61 bits per heavy atom. The van der Waals surface area contributed by atoms with Crippen LogP contribution in [0.4, 0.5) is 0 Å². The Balaban J connectivity index is 2.13. The van der Waals surface area contributed by atoms with Crippen LogP contribution in [-0.2, 0) is 6.54 Å². The molecule has 0 bridgehead atoms. The minimum atomic E-state index is 0.696. The van der Waals surface area contributed by atoms with Gasteiger partial charge >= 0.3 is 0 Å². The van der Waals surface area contributed by atoms with Gasteiger partial charge in [0.15, 0.2) is 0 Å². The highest BCUT2D eigenvalue weighted by Gasteiger charge is 2.17. The Morgan fingerprint density at radius 2 is 2.00 bits per heavy atom. The second kappa shape index (κ2) is 5.98. The number of likely N-dealkylation sites (N-methyl/N-ethyl adjacent to an activating group) is 1. The predicted octanol–water partition coefficient (Wildman–Crippen LogP) is 3.40.